The smallest absolute Gasteiger partial charge is 0.254 e. The van der Waals surface area contributed by atoms with Gasteiger partial charge in [-0.15, -0.1) is 0 Å². The Morgan fingerprint density at radius 3 is 2.53 bits per heavy atom. The first-order chi connectivity index (χ1) is 18.6. The first-order valence-corrected chi connectivity index (χ1v) is 12.7. The van der Waals surface area contributed by atoms with Crippen LogP contribution in [0.3, 0.4) is 0 Å². The van der Waals surface area contributed by atoms with Crippen LogP contribution in [0.1, 0.15) is 23.2 Å². The average Bonchev–Trinajstić information content (AvgIpc) is 3.63. The van der Waals surface area contributed by atoms with Crippen molar-refractivity contribution < 1.29 is 19.1 Å². The van der Waals surface area contributed by atoms with Crippen molar-refractivity contribution in [1.82, 2.24) is 14.5 Å². The maximum Gasteiger partial charge on any atom is 0.254 e. The zero-order valence-electron chi connectivity index (χ0n) is 21.2. The largest absolute Gasteiger partial charge is 0.497 e. The van der Waals surface area contributed by atoms with Gasteiger partial charge in [0.05, 0.1) is 18.9 Å². The van der Waals surface area contributed by atoms with Crippen molar-refractivity contribution in [2.45, 2.75) is 18.9 Å². The molecule has 1 aromatic heterocycles. The van der Waals surface area contributed by atoms with Gasteiger partial charge in [-0.3, -0.25) is 19.5 Å². The van der Waals surface area contributed by atoms with E-state index < -0.39 is 0 Å². The number of aromatic nitrogens is 2. The predicted octanol–water partition coefficient (Wildman–Crippen LogP) is 4.81. The lowest BCUT2D eigenvalue weighted by Crippen LogP contribution is -2.42. The van der Waals surface area contributed by atoms with E-state index in [9.17, 15) is 9.59 Å². The first kappa shape index (κ1) is 25.2. The Kier molecular flexibility index (Phi) is 7.80. The fourth-order valence-corrected chi connectivity index (χ4v) is 4.53. The summed E-state index contributed by atoms with van der Waals surface area (Å²) in [6, 6.07) is 26.4. The number of carbonyl (C=O) groups is 2. The molecule has 0 radical (unpaired) electrons. The average molecular weight is 511 g/mol. The van der Waals surface area contributed by atoms with E-state index in [0.717, 1.165) is 29.8 Å². The molecule has 4 aromatic rings. The van der Waals surface area contributed by atoms with Gasteiger partial charge in [0.1, 0.15) is 12.3 Å². The summed E-state index contributed by atoms with van der Waals surface area (Å²) in [5.74, 6) is 0.356. The van der Waals surface area contributed by atoms with E-state index in [1.807, 2.05) is 71.4 Å². The first-order valence-electron chi connectivity index (χ1n) is 12.7. The van der Waals surface area contributed by atoms with Crippen molar-refractivity contribution in [2.24, 2.45) is 0 Å². The number of hydrogen-bond donors (Lipinski definition) is 1. The lowest BCUT2D eigenvalue weighted by Gasteiger charge is -2.25. The second kappa shape index (κ2) is 11.7. The highest BCUT2D eigenvalue weighted by atomic mass is 16.5. The second-order valence-corrected chi connectivity index (χ2v) is 9.12. The molecule has 1 atom stereocenters. The van der Waals surface area contributed by atoms with Crippen LogP contribution in [0, 0.1) is 0 Å². The molecule has 38 heavy (non-hydrogen) atoms. The van der Waals surface area contributed by atoms with Gasteiger partial charge < -0.3 is 14.4 Å². The number of carbonyl (C=O) groups excluding carboxylic acids is 2. The van der Waals surface area contributed by atoms with Gasteiger partial charge in [0.15, 0.2) is 0 Å². The zero-order valence-corrected chi connectivity index (χ0v) is 21.2. The number of benzene rings is 3. The summed E-state index contributed by atoms with van der Waals surface area (Å²) in [7, 11) is 1.56. The molecule has 1 fully saturated rings. The van der Waals surface area contributed by atoms with Crippen LogP contribution in [0.15, 0.2) is 91.1 Å². The number of methoxy groups -OCH3 is 1. The summed E-state index contributed by atoms with van der Waals surface area (Å²) in [4.78, 5) is 33.1. The summed E-state index contributed by atoms with van der Waals surface area (Å²) in [5.41, 5.74) is 2.98. The molecule has 0 bridgehead atoms. The van der Waals surface area contributed by atoms with Gasteiger partial charge in [0.2, 0.25) is 11.9 Å². The van der Waals surface area contributed by atoms with Crippen LogP contribution in [0.2, 0.25) is 0 Å². The Hall–Kier alpha value is -4.43. The fraction of sp³-hybridized carbons (Fsp3) is 0.233. The van der Waals surface area contributed by atoms with E-state index in [1.54, 1.807) is 31.4 Å². The lowest BCUT2D eigenvalue weighted by atomic mass is 10.1. The molecule has 0 spiro atoms. The summed E-state index contributed by atoms with van der Waals surface area (Å²) in [6.07, 6.45) is 3.58. The maximum atomic E-state index is 13.5. The fourth-order valence-electron chi connectivity index (χ4n) is 4.53. The SMILES string of the molecule is COc1cccc(C(=O)N(CC(=O)Nc2nc(-c3ccccc3)cn2-c2ccccc2)C[C@H]2CCCO2)c1. The Bertz CT molecular complexity index is 1380. The summed E-state index contributed by atoms with van der Waals surface area (Å²) in [5, 5.41) is 2.94. The molecule has 3 aromatic carbocycles. The number of nitrogens with zero attached hydrogens (tertiary/aromatic N) is 3. The van der Waals surface area contributed by atoms with Crippen molar-refractivity contribution >= 4 is 17.8 Å². The molecule has 1 aliphatic rings. The molecular formula is C30H30N4O4. The molecule has 2 amide bonds. The van der Waals surface area contributed by atoms with E-state index in [1.165, 1.54) is 4.90 Å². The van der Waals surface area contributed by atoms with Crippen LogP contribution in [0.25, 0.3) is 16.9 Å². The highest BCUT2D eigenvalue weighted by Crippen LogP contribution is 2.24. The van der Waals surface area contributed by atoms with E-state index in [-0.39, 0.29) is 24.5 Å². The molecule has 8 nitrogen and oxygen atoms in total. The van der Waals surface area contributed by atoms with Crippen molar-refractivity contribution in [3.8, 4) is 22.7 Å². The second-order valence-electron chi connectivity index (χ2n) is 9.12. The molecular weight excluding hydrogens is 480 g/mol. The van der Waals surface area contributed by atoms with Gasteiger partial charge in [-0.1, -0.05) is 54.6 Å². The van der Waals surface area contributed by atoms with E-state index in [2.05, 4.69) is 5.32 Å². The van der Waals surface area contributed by atoms with E-state index in [0.29, 0.717) is 30.4 Å². The Labute approximate surface area is 221 Å². The quantitative estimate of drug-likeness (QED) is 0.349. The monoisotopic (exact) mass is 510 g/mol. The minimum atomic E-state index is -0.346. The van der Waals surface area contributed by atoms with Crippen LogP contribution in [0.4, 0.5) is 5.95 Å². The number of anilines is 1. The number of hydrogen-bond acceptors (Lipinski definition) is 5. The van der Waals surface area contributed by atoms with Crippen LogP contribution in [-0.2, 0) is 9.53 Å². The minimum Gasteiger partial charge on any atom is -0.497 e. The van der Waals surface area contributed by atoms with Gasteiger partial charge >= 0.3 is 0 Å². The minimum absolute atomic E-state index is 0.103. The third kappa shape index (κ3) is 5.92. The maximum absolute atomic E-state index is 13.5. The Morgan fingerprint density at radius 1 is 1.05 bits per heavy atom. The number of amides is 2. The standard InChI is InChI=1S/C30H30N4O4/c1-37-25-15-8-12-23(18-25)29(36)33(19-26-16-9-17-38-26)21-28(35)32-30-31-27(22-10-4-2-5-11-22)20-34(30)24-13-6-3-7-14-24/h2-8,10-15,18,20,26H,9,16-17,19,21H2,1H3,(H,31,32,35)/t26-/m1/s1. The molecule has 5 rings (SSSR count). The topological polar surface area (TPSA) is 85.7 Å². The molecule has 1 aliphatic heterocycles. The van der Waals surface area contributed by atoms with Crippen molar-refractivity contribution in [3.63, 3.8) is 0 Å². The lowest BCUT2D eigenvalue weighted by molar-refractivity contribution is -0.117. The van der Waals surface area contributed by atoms with Crippen LogP contribution in [0.5, 0.6) is 5.75 Å². The third-order valence-corrected chi connectivity index (χ3v) is 6.45. The number of para-hydroxylation sites is 1. The normalized spacial score (nSPS) is 14.7. The van der Waals surface area contributed by atoms with Gasteiger partial charge in [0, 0.05) is 36.2 Å². The predicted molar refractivity (Wildman–Crippen MR) is 146 cm³/mol. The van der Waals surface area contributed by atoms with Gasteiger partial charge in [0.25, 0.3) is 5.91 Å². The molecule has 0 aliphatic carbocycles. The number of nitrogens with one attached hydrogen (secondary N) is 1. The van der Waals surface area contributed by atoms with E-state index in [4.69, 9.17) is 14.5 Å². The molecule has 194 valence electrons. The highest BCUT2D eigenvalue weighted by Gasteiger charge is 2.26. The highest BCUT2D eigenvalue weighted by molar-refractivity contribution is 5.99. The van der Waals surface area contributed by atoms with Crippen molar-refractivity contribution in [3.05, 3.63) is 96.7 Å². The van der Waals surface area contributed by atoms with Crippen molar-refractivity contribution in [1.29, 1.82) is 0 Å². The number of imidazole rings is 1. The number of rotatable bonds is 9. The van der Waals surface area contributed by atoms with Gasteiger partial charge in [-0.25, -0.2) is 4.98 Å². The zero-order chi connectivity index (χ0) is 26.3. The van der Waals surface area contributed by atoms with Crippen LogP contribution in [-0.4, -0.2) is 59.2 Å². The molecule has 0 unspecified atom stereocenters. The van der Waals surface area contributed by atoms with Gasteiger partial charge in [-0.05, 0) is 43.2 Å². The third-order valence-electron chi connectivity index (χ3n) is 6.45. The van der Waals surface area contributed by atoms with Crippen LogP contribution < -0.4 is 10.1 Å². The summed E-state index contributed by atoms with van der Waals surface area (Å²) < 4.78 is 12.9. The Morgan fingerprint density at radius 2 is 1.82 bits per heavy atom. The molecule has 8 heteroatoms. The molecule has 0 saturated carbocycles. The number of ether oxygens (including phenoxy) is 2. The molecule has 1 N–H and O–H groups in total. The Balaban J connectivity index is 1.40. The summed E-state index contributed by atoms with van der Waals surface area (Å²) in [6.45, 7) is 0.846. The molecule has 1 saturated heterocycles. The van der Waals surface area contributed by atoms with E-state index >= 15 is 0 Å². The van der Waals surface area contributed by atoms with Gasteiger partial charge in [-0.2, -0.15) is 0 Å². The molecule has 2 heterocycles. The summed E-state index contributed by atoms with van der Waals surface area (Å²) >= 11 is 0. The van der Waals surface area contributed by atoms with Crippen molar-refractivity contribution in [2.75, 3.05) is 32.1 Å². The van der Waals surface area contributed by atoms with Crippen LogP contribution >= 0.6 is 0 Å².